The van der Waals surface area contributed by atoms with Crippen LogP contribution in [-0.2, 0) is 19.7 Å². The van der Waals surface area contributed by atoms with Gasteiger partial charge in [0.05, 0.1) is 0 Å². The fraction of sp³-hybridized carbons (Fsp3) is 0.625. The van der Waals surface area contributed by atoms with E-state index in [0.29, 0.717) is 12.5 Å². The van der Waals surface area contributed by atoms with E-state index in [4.69, 9.17) is 13.3 Å². The summed E-state index contributed by atoms with van der Waals surface area (Å²) in [7, 11) is 1.49. The van der Waals surface area contributed by atoms with Crippen molar-refractivity contribution < 1.29 is 26.4 Å². The maximum Gasteiger partial charge on any atom is 0.577 e. The Balaban J connectivity index is 2.17. The molecule has 131 valence electrons. The van der Waals surface area contributed by atoms with Crippen LogP contribution in [0.5, 0.6) is 0 Å². The van der Waals surface area contributed by atoms with Gasteiger partial charge in [-0.25, -0.2) is 13.2 Å². The Kier molecular flexibility index (Phi) is 9.46. The van der Waals surface area contributed by atoms with Crippen LogP contribution in [0.2, 0.25) is 0 Å². The summed E-state index contributed by atoms with van der Waals surface area (Å²) in [5.74, 6) is -2.82. The third-order valence-electron chi connectivity index (χ3n) is 3.53. The number of rotatable bonds is 11. The van der Waals surface area contributed by atoms with E-state index in [2.05, 4.69) is 0 Å². The van der Waals surface area contributed by atoms with Gasteiger partial charge in [0, 0.05) is 26.4 Å². The van der Waals surface area contributed by atoms with Crippen LogP contribution in [0.15, 0.2) is 12.1 Å². The first kappa shape index (κ1) is 20.2. The maximum atomic E-state index is 13.5. The minimum atomic E-state index is -1.62. The molecule has 1 radical (unpaired) electrons. The molecule has 1 atom stereocenters. The number of hydrogen-bond donors (Lipinski definition) is 0. The highest BCUT2D eigenvalue weighted by Gasteiger charge is 2.18. The fourth-order valence-corrected chi connectivity index (χ4v) is 3.06. The van der Waals surface area contributed by atoms with Crippen LogP contribution in [0.4, 0.5) is 13.2 Å². The summed E-state index contributed by atoms with van der Waals surface area (Å²) in [6.07, 6.45) is 4.95. The zero-order chi connectivity index (χ0) is 17.2. The highest BCUT2D eigenvalue weighted by atomic mass is 28.3. The molecule has 23 heavy (non-hydrogen) atoms. The topological polar surface area (TPSA) is 27.7 Å². The van der Waals surface area contributed by atoms with Crippen molar-refractivity contribution in [3.05, 3.63) is 35.1 Å². The molecular weight excluding hydrogens is 325 g/mol. The highest BCUT2D eigenvalue weighted by Crippen LogP contribution is 2.17. The molecule has 0 heterocycles. The van der Waals surface area contributed by atoms with E-state index in [1.54, 1.807) is 14.2 Å². The number of aryl methyl sites for hydroxylation is 1. The van der Waals surface area contributed by atoms with Gasteiger partial charge in [-0.3, -0.25) is 0 Å². The molecule has 0 N–H and O–H groups in total. The van der Waals surface area contributed by atoms with E-state index in [-0.39, 0.29) is 11.7 Å². The Hall–Kier alpha value is -0.893. The molecule has 0 aliphatic rings. The predicted molar refractivity (Wildman–Crippen MR) is 83.4 cm³/mol. The summed E-state index contributed by atoms with van der Waals surface area (Å²) in [5, 5.41) is 0. The zero-order valence-corrected chi connectivity index (χ0v) is 14.8. The SMILES string of the molecule is CO[Si](OC)OC(C)CCCCCCc1cc(F)c(F)cc1F. The minimum absolute atomic E-state index is 0.0624. The molecule has 0 saturated heterocycles. The van der Waals surface area contributed by atoms with Crippen LogP contribution in [-0.4, -0.2) is 29.9 Å². The second-order valence-electron chi connectivity index (χ2n) is 5.40. The summed E-state index contributed by atoms with van der Waals surface area (Å²) in [5.41, 5.74) is 0.230. The first-order valence-corrected chi connectivity index (χ1v) is 8.95. The lowest BCUT2D eigenvalue weighted by Gasteiger charge is -2.16. The first-order chi connectivity index (χ1) is 11.0. The Bertz CT molecular complexity index is 470. The van der Waals surface area contributed by atoms with Crippen LogP contribution < -0.4 is 0 Å². The number of unbranched alkanes of at least 4 members (excludes halogenated alkanes) is 3. The average Bonchev–Trinajstić information content (AvgIpc) is 2.52. The van der Waals surface area contributed by atoms with E-state index in [9.17, 15) is 13.2 Å². The van der Waals surface area contributed by atoms with Gasteiger partial charge < -0.3 is 13.3 Å². The van der Waals surface area contributed by atoms with Crippen LogP contribution in [0.3, 0.4) is 0 Å². The molecule has 0 aromatic heterocycles. The van der Waals surface area contributed by atoms with Crippen LogP contribution in [0, 0.1) is 17.5 Å². The lowest BCUT2D eigenvalue weighted by Crippen LogP contribution is -2.28. The van der Waals surface area contributed by atoms with Gasteiger partial charge in [0.1, 0.15) is 5.82 Å². The molecule has 0 fully saturated rings. The van der Waals surface area contributed by atoms with Gasteiger partial charge in [-0.15, -0.1) is 0 Å². The summed E-state index contributed by atoms with van der Waals surface area (Å²) in [6.45, 7) is 1.97. The van der Waals surface area contributed by atoms with Crippen molar-refractivity contribution in [2.75, 3.05) is 14.2 Å². The Morgan fingerprint density at radius 1 is 0.913 bits per heavy atom. The smallest absolute Gasteiger partial charge is 0.375 e. The largest absolute Gasteiger partial charge is 0.577 e. The fourth-order valence-electron chi connectivity index (χ4n) is 2.26. The molecule has 0 saturated carbocycles. The Labute approximate surface area is 137 Å². The van der Waals surface area contributed by atoms with Crippen molar-refractivity contribution in [3.8, 4) is 0 Å². The third-order valence-corrected chi connectivity index (χ3v) is 4.79. The quantitative estimate of drug-likeness (QED) is 0.339. The third kappa shape index (κ3) is 7.47. The van der Waals surface area contributed by atoms with E-state index in [1.165, 1.54) is 0 Å². The van der Waals surface area contributed by atoms with Crippen molar-refractivity contribution in [2.24, 2.45) is 0 Å². The molecule has 1 rings (SSSR count). The van der Waals surface area contributed by atoms with Crippen molar-refractivity contribution in [1.82, 2.24) is 0 Å². The predicted octanol–water partition coefficient (Wildman–Crippen LogP) is 4.28. The number of hydrogen-bond acceptors (Lipinski definition) is 3. The highest BCUT2D eigenvalue weighted by molar-refractivity contribution is 6.36. The molecule has 0 aliphatic heterocycles. The second-order valence-corrected chi connectivity index (χ2v) is 6.95. The van der Waals surface area contributed by atoms with Gasteiger partial charge in [-0.05, 0) is 37.8 Å². The lowest BCUT2D eigenvalue weighted by atomic mass is 10.0. The van der Waals surface area contributed by atoms with Gasteiger partial charge >= 0.3 is 9.53 Å². The number of benzene rings is 1. The normalized spacial score (nSPS) is 12.8. The second kappa shape index (κ2) is 10.8. The summed E-state index contributed by atoms with van der Waals surface area (Å²) < 4.78 is 55.1. The molecule has 0 amide bonds. The van der Waals surface area contributed by atoms with Gasteiger partial charge in [-0.2, -0.15) is 0 Å². The monoisotopic (exact) mass is 349 g/mol. The number of halogens is 3. The van der Waals surface area contributed by atoms with Crippen molar-refractivity contribution >= 4 is 9.53 Å². The molecule has 1 aromatic carbocycles. The van der Waals surface area contributed by atoms with Crippen molar-refractivity contribution in [1.29, 1.82) is 0 Å². The zero-order valence-electron chi connectivity index (χ0n) is 13.8. The molecule has 1 unspecified atom stereocenters. The molecule has 1 aromatic rings. The maximum absolute atomic E-state index is 13.5. The molecule has 0 bridgehead atoms. The molecule has 0 spiro atoms. The molecule has 3 nitrogen and oxygen atoms in total. The van der Waals surface area contributed by atoms with E-state index in [1.807, 2.05) is 6.92 Å². The first-order valence-electron chi connectivity index (χ1n) is 7.73. The summed E-state index contributed by atoms with van der Waals surface area (Å²) >= 11 is 0. The van der Waals surface area contributed by atoms with E-state index >= 15 is 0 Å². The van der Waals surface area contributed by atoms with Crippen LogP contribution >= 0.6 is 0 Å². The van der Waals surface area contributed by atoms with Crippen LogP contribution in [0.25, 0.3) is 0 Å². The van der Waals surface area contributed by atoms with Crippen LogP contribution in [0.1, 0.15) is 44.6 Å². The van der Waals surface area contributed by atoms with E-state index < -0.39 is 27.0 Å². The summed E-state index contributed by atoms with van der Waals surface area (Å²) in [6, 6.07) is 1.55. The minimum Gasteiger partial charge on any atom is -0.375 e. The Morgan fingerprint density at radius 3 is 2.17 bits per heavy atom. The average molecular weight is 349 g/mol. The molecule has 7 heteroatoms. The van der Waals surface area contributed by atoms with E-state index in [0.717, 1.165) is 38.2 Å². The van der Waals surface area contributed by atoms with Crippen molar-refractivity contribution in [2.45, 2.75) is 51.6 Å². The standard InChI is InChI=1S/C16H24F3O3Si/c1-12(22-23(20-2)21-3)8-6-4-5-7-9-13-10-15(18)16(19)11-14(13)17/h10-12H,4-9H2,1-3H3. The molecular formula is C16H24F3O3Si. The van der Waals surface area contributed by atoms with Gasteiger partial charge in [0.2, 0.25) is 0 Å². The summed E-state index contributed by atoms with van der Waals surface area (Å²) in [4.78, 5) is 0. The lowest BCUT2D eigenvalue weighted by molar-refractivity contribution is 0.0892. The van der Waals surface area contributed by atoms with Gasteiger partial charge in [0.15, 0.2) is 11.6 Å². The molecule has 0 aliphatic carbocycles. The van der Waals surface area contributed by atoms with Gasteiger partial charge in [-0.1, -0.05) is 19.3 Å². The van der Waals surface area contributed by atoms with Gasteiger partial charge in [0.25, 0.3) is 0 Å². The Morgan fingerprint density at radius 2 is 1.52 bits per heavy atom. The van der Waals surface area contributed by atoms with Crippen molar-refractivity contribution in [3.63, 3.8) is 0 Å².